The Morgan fingerprint density at radius 1 is 1.38 bits per heavy atom. The minimum atomic E-state index is -3.80. The Balaban J connectivity index is 2.40. The fraction of sp³-hybridized carbons (Fsp3) is 0.500. The van der Waals surface area contributed by atoms with E-state index >= 15 is 0 Å². The summed E-state index contributed by atoms with van der Waals surface area (Å²) in [4.78, 5) is 13.4. The second-order valence-electron chi connectivity index (χ2n) is 5.60. The van der Waals surface area contributed by atoms with Crippen LogP contribution in [0.5, 0.6) is 0 Å². The van der Waals surface area contributed by atoms with Crippen LogP contribution < -0.4 is 0 Å². The Hall–Kier alpha value is -1.44. The van der Waals surface area contributed by atoms with E-state index in [9.17, 15) is 18.3 Å². The zero-order valence-electron chi connectivity index (χ0n) is 12.4. The SMILES string of the molecule is Cc1cccc(S(=O)(=O)N2C[C@H](N(C)C)C[C@H]2C(=O)O)c1. The van der Waals surface area contributed by atoms with E-state index in [1.807, 2.05) is 19.0 Å². The van der Waals surface area contributed by atoms with Crippen LogP contribution in [0.15, 0.2) is 29.2 Å². The van der Waals surface area contributed by atoms with Crippen LogP contribution in [-0.4, -0.2) is 61.4 Å². The number of hydrogen-bond acceptors (Lipinski definition) is 4. The molecular formula is C14H20N2O4S. The smallest absolute Gasteiger partial charge is 0.322 e. The first-order valence-electron chi connectivity index (χ1n) is 6.71. The highest BCUT2D eigenvalue weighted by atomic mass is 32.2. The van der Waals surface area contributed by atoms with Gasteiger partial charge >= 0.3 is 5.97 Å². The first-order valence-corrected chi connectivity index (χ1v) is 8.15. The molecule has 0 bridgehead atoms. The van der Waals surface area contributed by atoms with Crippen LogP contribution in [0.1, 0.15) is 12.0 Å². The van der Waals surface area contributed by atoms with E-state index < -0.39 is 22.0 Å². The topological polar surface area (TPSA) is 77.9 Å². The zero-order valence-corrected chi connectivity index (χ0v) is 13.2. The molecule has 0 amide bonds. The van der Waals surface area contributed by atoms with Crippen molar-refractivity contribution < 1.29 is 18.3 Å². The van der Waals surface area contributed by atoms with E-state index in [4.69, 9.17) is 0 Å². The van der Waals surface area contributed by atoms with E-state index in [2.05, 4.69) is 0 Å². The van der Waals surface area contributed by atoms with Crippen molar-refractivity contribution in [3.63, 3.8) is 0 Å². The number of benzene rings is 1. The molecule has 6 nitrogen and oxygen atoms in total. The van der Waals surface area contributed by atoms with Crippen molar-refractivity contribution in [2.75, 3.05) is 20.6 Å². The maximum atomic E-state index is 12.7. The molecule has 0 aliphatic carbocycles. The summed E-state index contributed by atoms with van der Waals surface area (Å²) in [5, 5.41) is 9.32. The van der Waals surface area contributed by atoms with Gasteiger partial charge in [-0.25, -0.2) is 8.42 Å². The van der Waals surface area contributed by atoms with E-state index in [0.29, 0.717) is 6.42 Å². The van der Waals surface area contributed by atoms with Crippen molar-refractivity contribution in [2.45, 2.75) is 30.3 Å². The second-order valence-corrected chi connectivity index (χ2v) is 7.49. The van der Waals surface area contributed by atoms with Crippen molar-refractivity contribution in [3.8, 4) is 0 Å². The lowest BCUT2D eigenvalue weighted by atomic mass is 10.1. The molecule has 1 fully saturated rings. The first kappa shape index (κ1) is 15.9. The monoisotopic (exact) mass is 312 g/mol. The lowest BCUT2D eigenvalue weighted by Gasteiger charge is -2.22. The van der Waals surface area contributed by atoms with Gasteiger partial charge in [-0.2, -0.15) is 4.31 Å². The molecule has 0 aromatic heterocycles. The van der Waals surface area contributed by atoms with Gasteiger partial charge in [-0.15, -0.1) is 0 Å². The molecule has 1 N–H and O–H groups in total. The number of sulfonamides is 1. The van der Waals surface area contributed by atoms with Crippen LogP contribution in [0, 0.1) is 6.92 Å². The molecule has 21 heavy (non-hydrogen) atoms. The molecule has 0 saturated carbocycles. The molecule has 7 heteroatoms. The van der Waals surface area contributed by atoms with Crippen molar-refractivity contribution >= 4 is 16.0 Å². The summed E-state index contributed by atoms with van der Waals surface area (Å²) < 4.78 is 26.5. The van der Waals surface area contributed by atoms with Gasteiger partial charge in [-0.1, -0.05) is 12.1 Å². The van der Waals surface area contributed by atoms with E-state index in [-0.39, 0.29) is 17.5 Å². The molecule has 0 spiro atoms. The lowest BCUT2D eigenvalue weighted by Crippen LogP contribution is -2.40. The number of carboxylic acids is 1. The van der Waals surface area contributed by atoms with Crippen molar-refractivity contribution in [1.29, 1.82) is 0 Å². The van der Waals surface area contributed by atoms with Crippen LogP contribution in [0.2, 0.25) is 0 Å². The third-order valence-corrected chi connectivity index (χ3v) is 5.72. The highest BCUT2D eigenvalue weighted by Crippen LogP contribution is 2.28. The Morgan fingerprint density at radius 3 is 2.57 bits per heavy atom. The van der Waals surface area contributed by atoms with Gasteiger partial charge in [0.15, 0.2) is 0 Å². The fourth-order valence-electron chi connectivity index (χ4n) is 2.56. The highest BCUT2D eigenvalue weighted by molar-refractivity contribution is 7.89. The van der Waals surface area contributed by atoms with Crippen LogP contribution in [-0.2, 0) is 14.8 Å². The van der Waals surface area contributed by atoms with Gasteiger partial charge in [0, 0.05) is 12.6 Å². The Bertz CT molecular complexity index is 642. The summed E-state index contributed by atoms with van der Waals surface area (Å²) in [6, 6.07) is 5.44. The largest absolute Gasteiger partial charge is 0.480 e. The molecule has 116 valence electrons. The molecule has 0 unspecified atom stereocenters. The molecule has 2 atom stereocenters. The number of rotatable bonds is 4. The minimum absolute atomic E-state index is 0.0920. The Kier molecular flexibility index (Phi) is 4.36. The lowest BCUT2D eigenvalue weighted by molar-refractivity contribution is -0.140. The summed E-state index contributed by atoms with van der Waals surface area (Å²) in [5.74, 6) is -1.10. The summed E-state index contributed by atoms with van der Waals surface area (Å²) >= 11 is 0. The molecular weight excluding hydrogens is 292 g/mol. The highest BCUT2D eigenvalue weighted by Gasteiger charge is 2.44. The molecule has 2 rings (SSSR count). The van der Waals surface area contributed by atoms with E-state index in [1.54, 1.807) is 25.1 Å². The first-order chi connectivity index (χ1) is 9.73. The van der Waals surface area contributed by atoms with Gasteiger partial charge in [-0.3, -0.25) is 4.79 Å². The number of nitrogens with zero attached hydrogens (tertiary/aromatic N) is 2. The predicted molar refractivity (Wildman–Crippen MR) is 78.6 cm³/mol. The molecule has 1 aliphatic rings. The fourth-order valence-corrected chi connectivity index (χ4v) is 4.30. The molecule has 1 aliphatic heterocycles. The van der Waals surface area contributed by atoms with Crippen LogP contribution in [0.4, 0.5) is 0 Å². The average molecular weight is 312 g/mol. The summed E-state index contributed by atoms with van der Waals surface area (Å²) in [7, 11) is -0.144. The molecule has 0 radical (unpaired) electrons. The van der Waals surface area contributed by atoms with E-state index in [1.165, 1.54) is 6.07 Å². The third kappa shape index (κ3) is 3.09. The third-order valence-electron chi connectivity index (χ3n) is 3.85. The van der Waals surface area contributed by atoms with Gasteiger partial charge in [0.05, 0.1) is 4.90 Å². The van der Waals surface area contributed by atoms with Gasteiger partial charge in [0.25, 0.3) is 0 Å². The molecule has 1 aromatic rings. The van der Waals surface area contributed by atoms with Gasteiger partial charge < -0.3 is 10.0 Å². The summed E-state index contributed by atoms with van der Waals surface area (Å²) in [5.41, 5.74) is 0.825. The number of aliphatic carboxylic acids is 1. The van der Waals surface area contributed by atoms with Gasteiger partial charge in [-0.05, 0) is 45.1 Å². The molecule has 1 heterocycles. The van der Waals surface area contributed by atoms with Gasteiger partial charge in [0.1, 0.15) is 6.04 Å². The molecule has 1 saturated heterocycles. The van der Waals surface area contributed by atoms with Crippen molar-refractivity contribution in [2.24, 2.45) is 0 Å². The van der Waals surface area contributed by atoms with E-state index in [0.717, 1.165) is 9.87 Å². The van der Waals surface area contributed by atoms with Crippen molar-refractivity contribution in [1.82, 2.24) is 9.21 Å². The molecule has 1 aromatic carbocycles. The second kappa shape index (κ2) is 5.75. The number of hydrogen-bond donors (Lipinski definition) is 1. The Labute approximate surface area is 125 Å². The normalized spacial score (nSPS) is 23.6. The number of aryl methyl sites for hydroxylation is 1. The summed E-state index contributed by atoms with van der Waals surface area (Å²) in [6.45, 7) is 2.00. The number of likely N-dealkylation sites (N-methyl/N-ethyl adjacent to an activating group) is 1. The van der Waals surface area contributed by atoms with Crippen LogP contribution in [0.3, 0.4) is 0 Å². The average Bonchev–Trinajstić information content (AvgIpc) is 2.84. The van der Waals surface area contributed by atoms with Crippen LogP contribution >= 0.6 is 0 Å². The van der Waals surface area contributed by atoms with Crippen molar-refractivity contribution in [3.05, 3.63) is 29.8 Å². The van der Waals surface area contributed by atoms with Crippen LogP contribution in [0.25, 0.3) is 0 Å². The minimum Gasteiger partial charge on any atom is -0.480 e. The zero-order chi connectivity index (χ0) is 15.8. The van der Waals surface area contributed by atoms with Gasteiger partial charge in [0.2, 0.25) is 10.0 Å². The number of carbonyl (C=O) groups is 1. The maximum Gasteiger partial charge on any atom is 0.322 e. The predicted octanol–water partition coefficient (Wildman–Crippen LogP) is 0.773. The Morgan fingerprint density at radius 2 is 2.05 bits per heavy atom. The summed E-state index contributed by atoms with van der Waals surface area (Å²) in [6.07, 6.45) is 0.299. The quantitative estimate of drug-likeness (QED) is 0.888. The number of carboxylic acid groups (broad SMARTS) is 1. The standard InChI is InChI=1S/C14H20N2O4S/c1-10-5-4-6-12(7-10)21(19,20)16-9-11(15(2)3)8-13(16)14(17)18/h4-7,11,13H,8-9H2,1-3H3,(H,17,18)/t11-,13+/m1/s1. The maximum absolute atomic E-state index is 12.7.